The third kappa shape index (κ3) is 2.68. The maximum Gasteiger partial charge on any atom is 0.240 e. The maximum atomic E-state index is 12.1. The minimum absolute atomic E-state index is 0.232. The van der Waals surface area contributed by atoms with Crippen molar-refractivity contribution in [1.82, 2.24) is 0 Å². The number of carbonyl (C=O) groups excluding carboxylic acids is 2. The van der Waals surface area contributed by atoms with Crippen molar-refractivity contribution < 1.29 is 9.59 Å². The van der Waals surface area contributed by atoms with Gasteiger partial charge in [-0.25, -0.2) is 0 Å². The van der Waals surface area contributed by atoms with Gasteiger partial charge in [-0.2, -0.15) is 0 Å². The molecule has 0 aromatic heterocycles. The van der Waals surface area contributed by atoms with E-state index in [0.29, 0.717) is 10.5 Å². The van der Waals surface area contributed by atoms with Crippen LogP contribution in [0, 0.1) is 5.92 Å². The van der Waals surface area contributed by atoms with E-state index in [1.54, 1.807) is 25.3 Å². The quantitative estimate of drug-likeness (QED) is 0.472. The van der Waals surface area contributed by atoms with E-state index in [2.05, 4.69) is 4.99 Å². The number of carbonyl (C=O) groups is 2. The Morgan fingerprint density at radius 2 is 1.84 bits per heavy atom. The number of ketones is 2. The van der Waals surface area contributed by atoms with Gasteiger partial charge in [-0.3, -0.25) is 14.6 Å². The molecule has 0 unspecified atom stereocenters. The molecular formula is C15H15NO2S. The Hall–Kier alpha value is -1.68. The summed E-state index contributed by atoms with van der Waals surface area (Å²) >= 11 is 1.29. The molecule has 4 heteroatoms. The third-order valence-electron chi connectivity index (χ3n) is 2.85. The SMILES string of the molecule is CN=C(SC1=Cc2ccccc2C(=O)C1=O)C(C)C. The zero-order valence-corrected chi connectivity index (χ0v) is 12.0. The number of thioether (sulfide) groups is 1. The van der Waals surface area contributed by atoms with Gasteiger partial charge in [0.2, 0.25) is 11.6 Å². The molecule has 1 aromatic rings. The zero-order chi connectivity index (χ0) is 14.0. The Labute approximate surface area is 116 Å². The van der Waals surface area contributed by atoms with Gasteiger partial charge in [-0.15, -0.1) is 0 Å². The average Bonchev–Trinajstić information content (AvgIpc) is 2.41. The van der Waals surface area contributed by atoms with Crippen LogP contribution in [-0.2, 0) is 4.79 Å². The van der Waals surface area contributed by atoms with Crippen molar-refractivity contribution in [3.8, 4) is 0 Å². The summed E-state index contributed by atoms with van der Waals surface area (Å²) in [6.45, 7) is 4.03. The monoisotopic (exact) mass is 273 g/mol. The van der Waals surface area contributed by atoms with Crippen molar-refractivity contribution in [2.45, 2.75) is 13.8 Å². The largest absolute Gasteiger partial charge is 0.286 e. The van der Waals surface area contributed by atoms with Crippen LogP contribution in [0.2, 0.25) is 0 Å². The van der Waals surface area contributed by atoms with E-state index in [0.717, 1.165) is 10.6 Å². The number of nitrogens with zero attached hydrogens (tertiary/aromatic N) is 1. The smallest absolute Gasteiger partial charge is 0.240 e. The summed E-state index contributed by atoms with van der Waals surface area (Å²) in [6, 6.07) is 7.16. The summed E-state index contributed by atoms with van der Waals surface area (Å²) in [5.41, 5.74) is 1.28. The lowest BCUT2D eigenvalue weighted by atomic mass is 9.95. The highest BCUT2D eigenvalue weighted by molar-refractivity contribution is 8.18. The molecule has 0 fully saturated rings. The minimum atomic E-state index is -0.439. The molecule has 0 N–H and O–H groups in total. The molecule has 19 heavy (non-hydrogen) atoms. The molecule has 1 aromatic carbocycles. The molecule has 0 saturated carbocycles. The van der Waals surface area contributed by atoms with Gasteiger partial charge < -0.3 is 0 Å². The van der Waals surface area contributed by atoms with Gasteiger partial charge in [-0.1, -0.05) is 49.9 Å². The number of benzene rings is 1. The molecule has 1 aliphatic carbocycles. The number of hydrogen-bond donors (Lipinski definition) is 0. The molecule has 3 nitrogen and oxygen atoms in total. The van der Waals surface area contributed by atoms with Gasteiger partial charge in [0.15, 0.2) is 0 Å². The molecule has 0 aliphatic heterocycles. The minimum Gasteiger partial charge on any atom is -0.286 e. The van der Waals surface area contributed by atoms with Gasteiger partial charge >= 0.3 is 0 Å². The summed E-state index contributed by atoms with van der Waals surface area (Å²) in [4.78, 5) is 28.7. The predicted molar refractivity (Wildman–Crippen MR) is 79.5 cm³/mol. The number of hydrogen-bond acceptors (Lipinski definition) is 4. The summed E-state index contributed by atoms with van der Waals surface area (Å²) in [5, 5.41) is 0.854. The molecular weight excluding hydrogens is 258 g/mol. The number of fused-ring (bicyclic) bond motifs is 1. The second-order valence-corrected chi connectivity index (χ2v) is 5.63. The highest BCUT2D eigenvalue weighted by Gasteiger charge is 2.28. The number of aliphatic imine (C=N–C) groups is 1. The van der Waals surface area contributed by atoms with Crippen LogP contribution in [0.3, 0.4) is 0 Å². The van der Waals surface area contributed by atoms with E-state index in [1.165, 1.54) is 11.8 Å². The van der Waals surface area contributed by atoms with E-state index < -0.39 is 11.6 Å². The average molecular weight is 273 g/mol. The molecule has 0 heterocycles. The van der Waals surface area contributed by atoms with Gasteiger partial charge in [0.25, 0.3) is 0 Å². The van der Waals surface area contributed by atoms with E-state index in [-0.39, 0.29) is 5.92 Å². The molecule has 0 radical (unpaired) electrons. The first-order valence-electron chi connectivity index (χ1n) is 6.09. The molecule has 0 spiro atoms. The zero-order valence-electron chi connectivity index (χ0n) is 11.1. The predicted octanol–water partition coefficient (Wildman–Crippen LogP) is 3.21. The number of allylic oxidation sites excluding steroid dienone is 1. The summed E-state index contributed by atoms with van der Waals surface area (Å²) in [5.74, 6) is -0.638. The standard InChI is InChI=1S/C15H15NO2S/c1-9(2)15(16-3)19-12-8-10-6-4-5-7-11(10)13(17)14(12)18/h4-9H,1-3H3. The normalized spacial score (nSPS) is 15.6. The van der Waals surface area contributed by atoms with Crippen molar-refractivity contribution >= 4 is 34.4 Å². The van der Waals surface area contributed by atoms with Gasteiger partial charge in [0.1, 0.15) is 0 Å². The fourth-order valence-electron chi connectivity index (χ4n) is 1.88. The van der Waals surface area contributed by atoms with Crippen molar-refractivity contribution in [1.29, 1.82) is 0 Å². The van der Waals surface area contributed by atoms with Crippen molar-refractivity contribution in [3.05, 3.63) is 40.3 Å². The van der Waals surface area contributed by atoms with E-state index in [1.807, 2.05) is 26.0 Å². The molecule has 0 amide bonds. The number of rotatable bonds is 2. The molecule has 98 valence electrons. The molecule has 1 aliphatic rings. The van der Waals surface area contributed by atoms with Crippen molar-refractivity contribution in [2.75, 3.05) is 7.05 Å². The summed E-state index contributed by atoms with van der Waals surface area (Å²) in [7, 11) is 1.70. The summed E-state index contributed by atoms with van der Waals surface area (Å²) < 4.78 is 0. The van der Waals surface area contributed by atoms with Crippen molar-refractivity contribution in [2.24, 2.45) is 10.9 Å². The highest BCUT2D eigenvalue weighted by Crippen LogP contribution is 2.31. The van der Waals surface area contributed by atoms with Gasteiger partial charge in [0, 0.05) is 18.5 Å². The van der Waals surface area contributed by atoms with Crippen LogP contribution < -0.4 is 0 Å². The molecule has 0 bridgehead atoms. The van der Waals surface area contributed by atoms with Crippen LogP contribution in [0.4, 0.5) is 0 Å². The van der Waals surface area contributed by atoms with Gasteiger partial charge in [0.05, 0.1) is 9.95 Å². The first-order valence-corrected chi connectivity index (χ1v) is 6.90. The second kappa shape index (κ2) is 5.53. The second-order valence-electron chi connectivity index (χ2n) is 4.57. The summed E-state index contributed by atoms with van der Waals surface area (Å²) in [6.07, 6.45) is 1.78. The lowest BCUT2D eigenvalue weighted by molar-refractivity contribution is -0.111. The lowest BCUT2D eigenvalue weighted by Gasteiger charge is -2.15. The fraction of sp³-hybridized carbons (Fsp3) is 0.267. The van der Waals surface area contributed by atoms with Crippen LogP contribution in [-0.4, -0.2) is 23.7 Å². The Morgan fingerprint density at radius 3 is 2.47 bits per heavy atom. The van der Waals surface area contributed by atoms with Gasteiger partial charge in [-0.05, 0) is 11.6 Å². The maximum absolute atomic E-state index is 12.1. The van der Waals surface area contributed by atoms with E-state index in [9.17, 15) is 9.59 Å². The molecule has 2 rings (SSSR count). The van der Waals surface area contributed by atoms with Crippen LogP contribution >= 0.6 is 11.8 Å². The Bertz CT molecular complexity index is 600. The van der Waals surface area contributed by atoms with Crippen LogP contribution in [0.25, 0.3) is 6.08 Å². The number of Topliss-reactive ketones (excluding diaryl/α,β-unsaturated/α-hetero) is 2. The molecule has 0 atom stereocenters. The Morgan fingerprint density at radius 1 is 1.16 bits per heavy atom. The van der Waals surface area contributed by atoms with Crippen LogP contribution in [0.5, 0.6) is 0 Å². The first kappa shape index (κ1) is 13.7. The van der Waals surface area contributed by atoms with Crippen LogP contribution in [0.15, 0.2) is 34.2 Å². The lowest BCUT2D eigenvalue weighted by Crippen LogP contribution is -2.21. The third-order valence-corrected chi connectivity index (χ3v) is 4.24. The highest BCUT2D eigenvalue weighted by atomic mass is 32.2. The van der Waals surface area contributed by atoms with Crippen LogP contribution in [0.1, 0.15) is 29.8 Å². The Kier molecular flexibility index (Phi) is 4.00. The first-order chi connectivity index (χ1) is 9.04. The van der Waals surface area contributed by atoms with Crippen molar-refractivity contribution in [3.63, 3.8) is 0 Å². The fourth-order valence-corrected chi connectivity index (χ4v) is 2.80. The molecule has 0 saturated heterocycles. The Balaban J connectivity index is 2.40. The van der Waals surface area contributed by atoms with E-state index >= 15 is 0 Å². The topological polar surface area (TPSA) is 46.5 Å². The van der Waals surface area contributed by atoms with E-state index in [4.69, 9.17) is 0 Å².